The Balaban J connectivity index is 2.26. The molecule has 0 atom stereocenters. The molecule has 1 aromatic heterocycles. The molecule has 0 aliphatic heterocycles. The second-order valence-corrected chi connectivity index (χ2v) is 4.95. The Morgan fingerprint density at radius 1 is 1.20 bits per heavy atom. The van der Waals surface area contributed by atoms with Crippen molar-refractivity contribution in [3.05, 3.63) is 58.9 Å². The van der Waals surface area contributed by atoms with Crippen LogP contribution in [0.5, 0.6) is 0 Å². The van der Waals surface area contributed by atoms with Gasteiger partial charge in [0, 0.05) is 23.5 Å². The summed E-state index contributed by atoms with van der Waals surface area (Å²) >= 11 is 0. The number of benzene rings is 1. The van der Waals surface area contributed by atoms with E-state index in [9.17, 15) is 4.79 Å². The van der Waals surface area contributed by atoms with Crippen molar-refractivity contribution >= 4 is 12.0 Å². The molecule has 0 saturated carbocycles. The van der Waals surface area contributed by atoms with Crippen molar-refractivity contribution in [2.45, 2.75) is 27.3 Å². The quantitative estimate of drug-likeness (QED) is 0.778. The van der Waals surface area contributed by atoms with E-state index in [4.69, 9.17) is 0 Å². The number of aromatic nitrogens is 1. The molecule has 0 N–H and O–H groups in total. The topological polar surface area (TPSA) is 33.2 Å². The zero-order valence-corrected chi connectivity index (χ0v) is 12.3. The molecule has 0 bridgehead atoms. The molecule has 0 aliphatic carbocycles. The monoisotopic (exact) mass is 268 g/mol. The first-order valence-electron chi connectivity index (χ1n) is 6.87. The van der Waals surface area contributed by atoms with Gasteiger partial charge in [-0.3, -0.25) is 9.78 Å². The molecular formula is C17H20N2O. The summed E-state index contributed by atoms with van der Waals surface area (Å²) in [4.78, 5) is 17.6. The molecule has 0 fully saturated rings. The van der Waals surface area contributed by atoms with E-state index in [2.05, 4.69) is 16.8 Å². The number of carbonyl (C=O) groups excluding carboxylic acids is 1. The van der Waals surface area contributed by atoms with Crippen LogP contribution in [-0.2, 0) is 6.54 Å². The predicted octanol–water partition coefficient (Wildman–Crippen LogP) is 3.54. The summed E-state index contributed by atoms with van der Waals surface area (Å²) < 4.78 is 0. The molecule has 3 heteroatoms. The zero-order chi connectivity index (χ0) is 14.5. The number of carbonyl (C=O) groups is 1. The van der Waals surface area contributed by atoms with Gasteiger partial charge in [-0.2, -0.15) is 0 Å². The second-order valence-electron chi connectivity index (χ2n) is 4.95. The Bertz CT molecular complexity index is 608. The van der Waals surface area contributed by atoms with Gasteiger partial charge < -0.3 is 4.90 Å². The van der Waals surface area contributed by atoms with Crippen LogP contribution >= 0.6 is 0 Å². The summed E-state index contributed by atoms with van der Waals surface area (Å²) in [6.07, 6.45) is 0.884. The van der Waals surface area contributed by atoms with Crippen molar-refractivity contribution in [1.82, 2.24) is 4.98 Å². The third-order valence-corrected chi connectivity index (χ3v) is 3.38. The lowest BCUT2D eigenvalue weighted by Crippen LogP contribution is -2.23. The Kier molecular flexibility index (Phi) is 4.51. The summed E-state index contributed by atoms with van der Waals surface area (Å²) in [6, 6.07) is 11.9. The minimum absolute atomic E-state index is 0.719. The van der Waals surface area contributed by atoms with Gasteiger partial charge in [0.15, 0.2) is 0 Å². The molecule has 1 aromatic carbocycles. The highest BCUT2D eigenvalue weighted by Gasteiger charge is 2.09. The fraction of sp³-hybridized carbons (Fsp3) is 0.294. The predicted molar refractivity (Wildman–Crippen MR) is 82.3 cm³/mol. The number of hydrogen-bond acceptors (Lipinski definition) is 3. The minimum Gasteiger partial charge on any atom is -0.366 e. The van der Waals surface area contributed by atoms with Crippen LogP contribution in [0.15, 0.2) is 36.4 Å². The first-order chi connectivity index (χ1) is 9.63. The van der Waals surface area contributed by atoms with E-state index in [1.807, 2.05) is 50.2 Å². The van der Waals surface area contributed by atoms with E-state index in [1.54, 1.807) is 0 Å². The van der Waals surface area contributed by atoms with Crippen LogP contribution < -0.4 is 4.90 Å². The minimum atomic E-state index is 0.719. The van der Waals surface area contributed by atoms with Gasteiger partial charge in [0.1, 0.15) is 6.29 Å². The number of aldehydes is 1. The molecule has 1 heterocycles. The van der Waals surface area contributed by atoms with Crippen LogP contribution in [0.25, 0.3) is 0 Å². The van der Waals surface area contributed by atoms with E-state index >= 15 is 0 Å². The number of anilines is 1. The van der Waals surface area contributed by atoms with Crippen LogP contribution in [0.1, 0.15) is 34.2 Å². The third kappa shape index (κ3) is 3.23. The van der Waals surface area contributed by atoms with Crippen LogP contribution in [0, 0.1) is 13.8 Å². The second kappa shape index (κ2) is 6.33. The normalized spacial score (nSPS) is 10.3. The molecule has 0 radical (unpaired) electrons. The maximum Gasteiger partial charge on any atom is 0.150 e. The van der Waals surface area contributed by atoms with E-state index in [0.29, 0.717) is 0 Å². The van der Waals surface area contributed by atoms with Gasteiger partial charge in [-0.25, -0.2) is 0 Å². The standard InChI is InChI=1S/C17H20N2O/c1-4-19(11-16-7-5-6-14(3)18-16)17-9-8-15(12-20)10-13(17)2/h5-10,12H,4,11H2,1-3H3. The molecule has 20 heavy (non-hydrogen) atoms. The van der Waals surface area contributed by atoms with Gasteiger partial charge in [0.25, 0.3) is 0 Å². The van der Waals surface area contributed by atoms with E-state index in [0.717, 1.165) is 47.6 Å². The van der Waals surface area contributed by atoms with Gasteiger partial charge in [-0.05, 0) is 56.7 Å². The lowest BCUT2D eigenvalue weighted by molar-refractivity contribution is 0.112. The highest BCUT2D eigenvalue weighted by molar-refractivity contribution is 5.76. The van der Waals surface area contributed by atoms with Crippen molar-refractivity contribution < 1.29 is 4.79 Å². The molecule has 0 aliphatic rings. The van der Waals surface area contributed by atoms with Crippen molar-refractivity contribution in [2.24, 2.45) is 0 Å². The molecule has 2 rings (SSSR count). The van der Waals surface area contributed by atoms with Crippen LogP contribution in [0.2, 0.25) is 0 Å². The van der Waals surface area contributed by atoms with E-state index in [-0.39, 0.29) is 0 Å². The molecule has 0 spiro atoms. The van der Waals surface area contributed by atoms with Crippen LogP contribution in [-0.4, -0.2) is 17.8 Å². The van der Waals surface area contributed by atoms with Gasteiger partial charge in [-0.15, -0.1) is 0 Å². The number of hydrogen-bond donors (Lipinski definition) is 0. The Morgan fingerprint density at radius 3 is 2.60 bits per heavy atom. The van der Waals surface area contributed by atoms with Crippen molar-refractivity contribution in [3.8, 4) is 0 Å². The van der Waals surface area contributed by atoms with Crippen molar-refractivity contribution in [3.63, 3.8) is 0 Å². The maximum atomic E-state index is 10.8. The SMILES string of the molecule is CCN(Cc1cccc(C)n1)c1ccc(C=O)cc1C. The highest BCUT2D eigenvalue weighted by atomic mass is 16.1. The van der Waals surface area contributed by atoms with Crippen LogP contribution in [0.4, 0.5) is 5.69 Å². The maximum absolute atomic E-state index is 10.8. The molecule has 2 aromatic rings. The summed E-state index contributed by atoms with van der Waals surface area (Å²) in [5, 5.41) is 0. The summed E-state index contributed by atoms with van der Waals surface area (Å²) in [7, 11) is 0. The number of pyridine rings is 1. The fourth-order valence-corrected chi connectivity index (χ4v) is 2.36. The zero-order valence-electron chi connectivity index (χ0n) is 12.3. The average Bonchev–Trinajstić information content (AvgIpc) is 2.45. The Hall–Kier alpha value is -2.16. The van der Waals surface area contributed by atoms with Gasteiger partial charge in [0.05, 0.1) is 12.2 Å². The summed E-state index contributed by atoms with van der Waals surface area (Å²) in [5.74, 6) is 0. The Morgan fingerprint density at radius 2 is 2.00 bits per heavy atom. The van der Waals surface area contributed by atoms with Gasteiger partial charge in [0.2, 0.25) is 0 Å². The first-order valence-corrected chi connectivity index (χ1v) is 6.87. The largest absolute Gasteiger partial charge is 0.366 e. The number of nitrogens with zero attached hydrogens (tertiary/aromatic N) is 2. The van der Waals surface area contributed by atoms with Crippen molar-refractivity contribution in [2.75, 3.05) is 11.4 Å². The molecule has 104 valence electrons. The van der Waals surface area contributed by atoms with E-state index in [1.165, 1.54) is 0 Å². The smallest absolute Gasteiger partial charge is 0.150 e. The molecule has 0 amide bonds. The third-order valence-electron chi connectivity index (χ3n) is 3.38. The molecular weight excluding hydrogens is 248 g/mol. The summed E-state index contributed by atoms with van der Waals surface area (Å²) in [5.41, 5.74) is 5.08. The van der Waals surface area contributed by atoms with Gasteiger partial charge >= 0.3 is 0 Å². The summed E-state index contributed by atoms with van der Waals surface area (Å²) in [6.45, 7) is 7.85. The fourth-order valence-electron chi connectivity index (χ4n) is 2.36. The Labute approximate surface area is 120 Å². The average molecular weight is 268 g/mol. The number of rotatable bonds is 5. The van der Waals surface area contributed by atoms with Crippen molar-refractivity contribution in [1.29, 1.82) is 0 Å². The van der Waals surface area contributed by atoms with Gasteiger partial charge in [-0.1, -0.05) is 6.07 Å². The lowest BCUT2D eigenvalue weighted by atomic mass is 10.1. The first kappa shape index (κ1) is 14.3. The molecule has 3 nitrogen and oxygen atoms in total. The molecule has 0 unspecified atom stereocenters. The molecule has 0 saturated heterocycles. The van der Waals surface area contributed by atoms with E-state index < -0.39 is 0 Å². The highest BCUT2D eigenvalue weighted by Crippen LogP contribution is 2.22. The number of aryl methyl sites for hydroxylation is 2. The van der Waals surface area contributed by atoms with Crippen LogP contribution in [0.3, 0.4) is 0 Å². The lowest BCUT2D eigenvalue weighted by Gasteiger charge is -2.25.